The quantitative estimate of drug-likeness (QED) is 0.420. The number of fused-ring (bicyclic) bond motifs is 2. The molecule has 145 valence electrons. The van der Waals surface area contributed by atoms with E-state index in [0.717, 1.165) is 49.3 Å². The summed E-state index contributed by atoms with van der Waals surface area (Å²) in [5, 5.41) is 0. The minimum atomic E-state index is 0. The molecule has 3 heterocycles. The largest absolute Gasteiger partial charge is 1.00 e. The van der Waals surface area contributed by atoms with E-state index < -0.39 is 0 Å². The van der Waals surface area contributed by atoms with Gasteiger partial charge < -0.3 is 6.16 Å². The van der Waals surface area contributed by atoms with Crippen LogP contribution in [-0.2, 0) is 23.7 Å². The van der Waals surface area contributed by atoms with Gasteiger partial charge in [-0.05, 0) is 29.5 Å². The van der Waals surface area contributed by atoms with Crippen LogP contribution in [0.2, 0.25) is 0 Å². The Hall–Kier alpha value is -1.24. The Kier molecular flexibility index (Phi) is 12.4. The fourth-order valence-corrected chi connectivity index (χ4v) is 3.33. The van der Waals surface area contributed by atoms with Crippen LogP contribution in [-0.4, -0.2) is 40.3 Å². The monoisotopic (exact) mass is 417 g/mol. The third kappa shape index (κ3) is 7.19. The second-order valence-corrected chi connectivity index (χ2v) is 6.69. The molecule has 0 N–H and O–H groups in total. The van der Waals surface area contributed by atoms with Gasteiger partial charge in [0, 0.05) is 56.6 Å². The fraction of sp³-hybridized carbons (Fsp3) is 0.318. The van der Waals surface area contributed by atoms with Crippen molar-refractivity contribution in [1.82, 2.24) is 0 Å². The van der Waals surface area contributed by atoms with Gasteiger partial charge in [-0.2, -0.15) is 0 Å². The molecule has 3 radical (unpaired) electrons. The number of hydrogen-bond donors (Lipinski definition) is 0. The van der Waals surface area contributed by atoms with Crippen LogP contribution in [0.15, 0.2) is 46.4 Å². The van der Waals surface area contributed by atoms with Gasteiger partial charge in [-0.3, -0.25) is 14.8 Å². The van der Waals surface area contributed by atoms with Crippen molar-refractivity contribution in [3.8, 4) is 0 Å². The van der Waals surface area contributed by atoms with Crippen molar-refractivity contribution < 1.29 is 40.5 Å². The van der Waals surface area contributed by atoms with Gasteiger partial charge in [0.15, 0.2) is 6.29 Å². The summed E-state index contributed by atoms with van der Waals surface area (Å²) >= 11 is 5.75. The Morgan fingerprint density at radius 3 is 2.10 bits per heavy atom. The van der Waals surface area contributed by atoms with E-state index in [1.165, 1.54) is 29.5 Å². The molecule has 0 amide bonds. The van der Waals surface area contributed by atoms with Crippen molar-refractivity contribution in [3.05, 3.63) is 69.8 Å². The molecule has 0 aliphatic carbocycles. The van der Waals surface area contributed by atoms with E-state index in [0.29, 0.717) is 5.88 Å². The fourth-order valence-electron chi connectivity index (χ4n) is 3.10. The topological polar surface area (TPSA) is 51.0 Å². The number of rotatable bonds is 2. The van der Waals surface area contributed by atoms with Crippen LogP contribution >= 0.6 is 11.6 Å². The molecule has 29 heavy (non-hydrogen) atoms. The van der Waals surface area contributed by atoms with Gasteiger partial charge in [0.05, 0.1) is 13.1 Å². The maximum atomic E-state index is 10.5. The van der Waals surface area contributed by atoms with E-state index in [2.05, 4.69) is 16.1 Å². The third-order valence-corrected chi connectivity index (χ3v) is 4.87. The predicted octanol–water partition coefficient (Wildman–Crippen LogP) is 1.32. The van der Waals surface area contributed by atoms with Gasteiger partial charge in [-0.15, -0.1) is 11.6 Å². The molecule has 0 saturated carbocycles. The molecule has 7 heteroatoms. The molecule has 0 spiro atoms. The van der Waals surface area contributed by atoms with Crippen LogP contribution in [0, 0.1) is 0 Å². The van der Waals surface area contributed by atoms with Crippen molar-refractivity contribution >= 4 is 38.7 Å². The number of aldehydes is 1. The van der Waals surface area contributed by atoms with Crippen LogP contribution in [0.3, 0.4) is 0 Å². The smallest absolute Gasteiger partial charge is 1.00 e. The van der Waals surface area contributed by atoms with Crippen molar-refractivity contribution in [2.24, 2.45) is 9.98 Å². The van der Waals surface area contributed by atoms with Gasteiger partial charge in [0.2, 0.25) is 0 Å². The Morgan fingerprint density at radius 2 is 1.55 bits per heavy atom. The van der Waals surface area contributed by atoms with Gasteiger partial charge in [0.1, 0.15) is 0 Å². The molecule has 1 fully saturated rings. The molecule has 2 aromatic rings. The number of carbonyl (C=O) groups excluding carboxylic acids is 1. The number of halogens is 1. The summed E-state index contributed by atoms with van der Waals surface area (Å²) in [4.78, 5) is 18.8. The molecular weight excluding hydrogens is 394 g/mol. The first-order valence-corrected chi connectivity index (χ1v) is 9.68. The van der Waals surface area contributed by atoms with Gasteiger partial charge in [-0.25, -0.2) is 0 Å². The van der Waals surface area contributed by atoms with E-state index >= 15 is 0 Å². The van der Waals surface area contributed by atoms with Crippen molar-refractivity contribution in [3.63, 3.8) is 0 Å². The Bertz CT molecular complexity index is 853. The first-order chi connectivity index (χ1) is 13.3. The summed E-state index contributed by atoms with van der Waals surface area (Å²) in [5.41, 5.74) is 6.58. The van der Waals surface area contributed by atoms with Gasteiger partial charge in [-0.1, -0.05) is 36.4 Å². The number of alkyl halides is 1. The average molecular weight is 418 g/mol. The third-order valence-electron chi connectivity index (χ3n) is 4.58. The summed E-state index contributed by atoms with van der Waals surface area (Å²) in [6.45, 7) is 3.54. The van der Waals surface area contributed by atoms with Crippen LogP contribution < -0.4 is 29.6 Å². The minimum Gasteiger partial charge on any atom is -1.00 e. The molecular formula is C22H24BClN2NaO2. The SMILES string of the molecule is C1CCOC1.ClCc1cccc2c1C=NC2.O=Cc1cccc2c1C=NC2.[B].[H-].[Na+]. The zero-order valence-corrected chi connectivity index (χ0v) is 19.6. The summed E-state index contributed by atoms with van der Waals surface area (Å²) in [6.07, 6.45) is 7.10. The minimum absolute atomic E-state index is 0. The average Bonchev–Trinajstić information content (AvgIpc) is 3.50. The molecule has 0 bridgehead atoms. The molecule has 5 rings (SSSR count). The molecule has 3 aliphatic heterocycles. The Balaban J connectivity index is 0.000000424. The number of hydrogen-bond acceptors (Lipinski definition) is 4. The standard InChI is InChI=1S/C9H8ClN.C9H7NO.C4H8O.B.Na.H/c10-4-7-2-1-3-8-5-11-6-9(7)8;11-6-8-3-1-2-7-4-10-5-9(7)8;1-2-4-5-3-1;;;/h1-3,6H,4-5H2;1-3,5-6H,4H2;1-4H2;;;/q;;;;+1;-1. The first-order valence-electron chi connectivity index (χ1n) is 9.14. The van der Waals surface area contributed by atoms with Crippen molar-refractivity contribution in [1.29, 1.82) is 0 Å². The second-order valence-electron chi connectivity index (χ2n) is 6.42. The normalized spacial score (nSPS) is 14.2. The number of nitrogens with zero attached hydrogens (tertiary/aromatic N) is 2. The van der Waals surface area contributed by atoms with Crippen molar-refractivity contribution in [2.45, 2.75) is 31.8 Å². The maximum absolute atomic E-state index is 10.5. The molecule has 4 nitrogen and oxygen atoms in total. The summed E-state index contributed by atoms with van der Waals surface area (Å²) in [6, 6.07) is 11.9. The van der Waals surface area contributed by atoms with Crippen LogP contribution in [0.25, 0.3) is 0 Å². The summed E-state index contributed by atoms with van der Waals surface area (Å²) in [5.74, 6) is 0.579. The number of ether oxygens (including phenoxy) is 1. The zero-order valence-electron chi connectivity index (χ0n) is 17.8. The Labute approximate surface area is 203 Å². The summed E-state index contributed by atoms with van der Waals surface area (Å²) < 4.78 is 4.94. The van der Waals surface area contributed by atoms with Crippen LogP contribution in [0.1, 0.15) is 52.4 Å². The van der Waals surface area contributed by atoms with Crippen molar-refractivity contribution in [2.75, 3.05) is 13.2 Å². The van der Waals surface area contributed by atoms with E-state index in [-0.39, 0.29) is 39.4 Å². The van der Waals surface area contributed by atoms with Crippen LogP contribution in [0.4, 0.5) is 0 Å². The van der Waals surface area contributed by atoms with E-state index in [1.807, 2.05) is 36.5 Å². The maximum Gasteiger partial charge on any atom is 1.00 e. The van der Waals surface area contributed by atoms with E-state index in [1.54, 1.807) is 6.21 Å². The number of aliphatic imine (C=N–C) groups is 2. The number of benzene rings is 2. The van der Waals surface area contributed by atoms with E-state index in [9.17, 15) is 4.79 Å². The predicted molar refractivity (Wildman–Crippen MR) is 117 cm³/mol. The number of carbonyl (C=O) groups is 1. The Morgan fingerprint density at radius 1 is 0.966 bits per heavy atom. The van der Waals surface area contributed by atoms with Crippen LogP contribution in [0.5, 0.6) is 0 Å². The first kappa shape index (κ1) is 25.8. The molecule has 0 unspecified atom stereocenters. The molecule has 0 atom stereocenters. The molecule has 1 saturated heterocycles. The molecule has 0 aromatic heterocycles. The second kappa shape index (κ2) is 13.9. The summed E-state index contributed by atoms with van der Waals surface area (Å²) in [7, 11) is 0. The molecule has 3 aliphatic rings. The van der Waals surface area contributed by atoms with E-state index in [4.69, 9.17) is 16.3 Å². The molecule has 2 aromatic carbocycles. The van der Waals surface area contributed by atoms with Gasteiger partial charge >= 0.3 is 29.6 Å². The van der Waals surface area contributed by atoms with Gasteiger partial charge in [0.25, 0.3) is 0 Å². The zero-order chi connectivity index (χ0) is 18.9.